The molecule has 6 heteroatoms. The fourth-order valence-corrected chi connectivity index (χ4v) is 4.64. The van der Waals surface area contributed by atoms with Crippen LogP contribution in [-0.4, -0.2) is 44.7 Å². The van der Waals surface area contributed by atoms with Crippen LogP contribution in [0.4, 0.5) is 0 Å². The molecular weight excluding hydrogens is 357 g/mol. The molecule has 0 aromatic heterocycles. The van der Waals surface area contributed by atoms with Crippen molar-refractivity contribution in [2.45, 2.75) is 49.2 Å². The van der Waals surface area contributed by atoms with Crippen LogP contribution in [-0.2, 0) is 22.8 Å². The van der Waals surface area contributed by atoms with Crippen LogP contribution in [0.25, 0.3) is 0 Å². The number of fused-ring (bicyclic) bond motifs is 1. The van der Waals surface area contributed by atoms with Crippen LogP contribution >= 0.6 is 11.6 Å². The number of ether oxygens (including phenoxy) is 1. The molecule has 0 radical (unpaired) electrons. The van der Waals surface area contributed by atoms with Gasteiger partial charge in [-0.3, -0.25) is 0 Å². The summed E-state index contributed by atoms with van der Waals surface area (Å²) in [5, 5.41) is 20.1. The molecule has 0 spiro atoms. The van der Waals surface area contributed by atoms with Gasteiger partial charge < -0.3 is 14.9 Å². The molecule has 2 aromatic carbocycles. The molecule has 1 fully saturated rings. The van der Waals surface area contributed by atoms with Crippen molar-refractivity contribution in [2.75, 3.05) is 6.61 Å². The topological polar surface area (TPSA) is 49.7 Å². The molecule has 1 heterocycles. The highest BCUT2D eigenvalue weighted by Crippen LogP contribution is 2.38. The van der Waals surface area contributed by atoms with Crippen LogP contribution in [0.3, 0.4) is 0 Å². The fraction of sp³-hybridized carbons (Fsp3) is 0.429. The van der Waals surface area contributed by atoms with Gasteiger partial charge in [0.15, 0.2) is 0 Å². The SMILES string of the molecule is BC(B)(c1ccc2c(c1)CC2)c1cc(C2CC(O)CC(CO)O2)ccc1Cl. The number of hydrogen-bond acceptors (Lipinski definition) is 3. The number of aliphatic hydroxyl groups is 2. The van der Waals surface area contributed by atoms with Gasteiger partial charge in [-0.05, 0) is 46.4 Å². The van der Waals surface area contributed by atoms with E-state index in [0.717, 1.165) is 22.6 Å². The summed E-state index contributed by atoms with van der Waals surface area (Å²) < 4.78 is 6.00. The van der Waals surface area contributed by atoms with Crippen molar-refractivity contribution < 1.29 is 14.9 Å². The van der Waals surface area contributed by atoms with Crippen molar-refractivity contribution in [3.05, 3.63) is 69.2 Å². The molecule has 3 unspecified atom stereocenters. The van der Waals surface area contributed by atoms with E-state index in [1.165, 1.54) is 23.1 Å². The summed E-state index contributed by atoms with van der Waals surface area (Å²) in [5.74, 6) is 0. The summed E-state index contributed by atoms with van der Waals surface area (Å²) in [5.41, 5.74) is 6.22. The van der Waals surface area contributed by atoms with Crippen LogP contribution in [0, 0.1) is 0 Å². The van der Waals surface area contributed by atoms with Crippen molar-refractivity contribution >= 4 is 27.3 Å². The summed E-state index contributed by atoms with van der Waals surface area (Å²) in [4.78, 5) is 0. The van der Waals surface area contributed by atoms with E-state index < -0.39 is 6.10 Å². The second-order valence-electron chi connectivity index (χ2n) is 8.40. The largest absolute Gasteiger partial charge is 0.394 e. The standard InChI is InChI=1S/C21H25B2ClO3/c22-21(23,15-5-3-12-1-2-13(12)7-15)18-8-14(4-6-19(18)24)20-10-16(26)9-17(11-25)27-20/h3-8,16-17,20,25-26H,1-2,9-11,22-23H2. The summed E-state index contributed by atoms with van der Waals surface area (Å²) in [6.07, 6.45) is 2.35. The highest BCUT2D eigenvalue weighted by Gasteiger charge is 2.32. The number of aliphatic hydroxyl groups excluding tert-OH is 2. The van der Waals surface area contributed by atoms with Crippen molar-refractivity contribution in [1.29, 1.82) is 0 Å². The molecule has 2 aliphatic rings. The van der Waals surface area contributed by atoms with Crippen LogP contribution in [0.2, 0.25) is 5.02 Å². The average Bonchev–Trinajstić information content (AvgIpc) is 2.62. The quantitative estimate of drug-likeness (QED) is 0.788. The van der Waals surface area contributed by atoms with Crippen LogP contribution in [0.15, 0.2) is 36.4 Å². The number of benzene rings is 2. The Morgan fingerprint density at radius 1 is 1.07 bits per heavy atom. The third-order valence-electron chi connectivity index (χ3n) is 6.21. The molecule has 0 amide bonds. The first-order valence-corrected chi connectivity index (χ1v) is 10.1. The predicted molar refractivity (Wildman–Crippen MR) is 113 cm³/mol. The van der Waals surface area contributed by atoms with Crippen LogP contribution < -0.4 is 0 Å². The van der Waals surface area contributed by atoms with Crippen LogP contribution in [0.1, 0.15) is 46.8 Å². The molecule has 4 rings (SSSR count). The lowest BCUT2D eigenvalue weighted by molar-refractivity contribution is -0.113. The van der Waals surface area contributed by atoms with Gasteiger partial charge in [-0.15, -0.1) is 0 Å². The Bertz CT molecular complexity index is 855. The molecule has 1 aliphatic heterocycles. The Hall–Kier alpha value is -1.26. The summed E-state index contributed by atoms with van der Waals surface area (Å²) in [6.45, 7) is -0.0748. The van der Waals surface area contributed by atoms with Crippen molar-refractivity contribution in [3.8, 4) is 0 Å². The van der Waals surface area contributed by atoms with Gasteiger partial charge in [0.25, 0.3) is 0 Å². The van der Waals surface area contributed by atoms with E-state index in [0.29, 0.717) is 12.8 Å². The van der Waals surface area contributed by atoms with Gasteiger partial charge in [-0.25, -0.2) is 0 Å². The second-order valence-corrected chi connectivity index (χ2v) is 8.81. The molecule has 1 aliphatic carbocycles. The van der Waals surface area contributed by atoms with Gasteiger partial charge in [-0.2, -0.15) is 0 Å². The molecule has 3 nitrogen and oxygen atoms in total. The van der Waals surface area contributed by atoms with E-state index in [-0.39, 0.29) is 24.0 Å². The van der Waals surface area contributed by atoms with E-state index in [9.17, 15) is 10.2 Å². The highest BCUT2D eigenvalue weighted by molar-refractivity contribution is 6.44. The smallest absolute Gasteiger partial charge is 0.110 e. The van der Waals surface area contributed by atoms with E-state index in [2.05, 4.69) is 40.0 Å². The Labute approximate surface area is 167 Å². The molecule has 2 aromatic rings. The molecule has 0 bridgehead atoms. The van der Waals surface area contributed by atoms with E-state index >= 15 is 0 Å². The molecular formula is C21H25B2ClO3. The fourth-order valence-electron chi connectivity index (χ4n) is 4.28. The van der Waals surface area contributed by atoms with Crippen molar-refractivity contribution in [1.82, 2.24) is 0 Å². The maximum Gasteiger partial charge on any atom is 0.110 e. The van der Waals surface area contributed by atoms with Crippen molar-refractivity contribution in [3.63, 3.8) is 0 Å². The Morgan fingerprint density at radius 3 is 2.52 bits per heavy atom. The second kappa shape index (κ2) is 7.29. The molecule has 3 atom stereocenters. The van der Waals surface area contributed by atoms with Gasteiger partial charge in [0, 0.05) is 17.9 Å². The zero-order valence-corrected chi connectivity index (χ0v) is 16.7. The summed E-state index contributed by atoms with van der Waals surface area (Å²) in [7, 11) is 4.40. The first-order chi connectivity index (χ1) is 12.9. The molecule has 2 N–H and O–H groups in total. The van der Waals surface area contributed by atoms with E-state index in [1.54, 1.807) is 0 Å². The third-order valence-corrected chi connectivity index (χ3v) is 6.54. The maximum absolute atomic E-state index is 10.1. The normalized spacial score (nSPS) is 24.9. The molecule has 0 saturated carbocycles. The lowest BCUT2D eigenvalue weighted by Crippen LogP contribution is -2.34. The Kier molecular flexibility index (Phi) is 5.15. The number of hydrogen-bond donors (Lipinski definition) is 2. The molecule has 1 saturated heterocycles. The molecule has 27 heavy (non-hydrogen) atoms. The number of rotatable bonds is 4. The number of halogens is 1. The Morgan fingerprint density at radius 2 is 1.85 bits per heavy atom. The van der Waals surface area contributed by atoms with Gasteiger partial charge in [0.05, 0.1) is 24.9 Å². The van der Waals surface area contributed by atoms with E-state index in [1.807, 2.05) is 12.1 Å². The summed E-state index contributed by atoms with van der Waals surface area (Å²) in [6, 6.07) is 12.8. The van der Waals surface area contributed by atoms with Gasteiger partial charge in [0.2, 0.25) is 0 Å². The minimum atomic E-state index is -0.457. The predicted octanol–water partition coefficient (Wildman–Crippen LogP) is 1.48. The zero-order chi connectivity index (χ0) is 19.2. The van der Waals surface area contributed by atoms with Gasteiger partial charge in [0.1, 0.15) is 15.7 Å². The first-order valence-electron chi connectivity index (χ1n) is 9.75. The lowest BCUT2D eigenvalue weighted by Gasteiger charge is -2.34. The number of aryl methyl sites for hydroxylation is 2. The average molecular weight is 383 g/mol. The Balaban J connectivity index is 1.68. The third kappa shape index (κ3) is 3.58. The van der Waals surface area contributed by atoms with Crippen molar-refractivity contribution in [2.24, 2.45) is 0 Å². The minimum Gasteiger partial charge on any atom is -0.394 e. The van der Waals surface area contributed by atoms with E-state index in [4.69, 9.17) is 16.3 Å². The monoisotopic (exact) mass is 382 g/mol. The van der Waals surface area contributed by atoms with Crippen LogP contribution in [0.5, 0.6) is 0 Å². The van der Waals surface area contributed by atoms with Gasteiger partial charge in [-0.1, -0.05) is 47.5 Å². The lowest BCUT2D eigenvalue weighted by atomic mass is 9.47. The first kappa shape index (κ1) is 19.1. The van der Waals surface area contributed by atoms with Gasteiger partial charge >= 0.3 is 0 Å². The molecule has 140 valence electrons. The summed E-state index contributed by atoms with van der Waals surface area (Å²) >= 11 is 6.61. The minimum absolute atomic E-state index is 0.0748. The zero-order valence-electron chi connectivity index (χ0n) is 15.9. The highest BCUT2D eigenvalue weighted by atomic mass is 35.5. The maximum atomic E-state index is 10.1.